The van der Waals surface area contributed by atoms with Gasteiger partial charge in [0.15, 0.2) is 0 Å². The van der Waals surface area contributed by atoms with Crippen molar-refractivity contribution >= 4 is 5.57 Å². The highest BCUT2D eigenvalue weighted by molar-refractivity contribution is 5.68. The molecule has 0 atom stereocenters. The zero-order chi connectivity index (χ0) is 12.8. The molecule has 1 aromatic carbocycles. The van der Waals surface area contributed by atoms with Crippen molar-refractivity contribution in [2.75, 3.05) is 0 Å². The molecule has 0 heteroatoms. The minimum absolute atomic E-state index is 0. The predicted octanol–water partition coefficient (Wildman–Crippen LogP) is 6.32. The molecule has 0 heterocycles. The van der Waals surface area contributed by atoms with Crippen LogP contribution in [0.5, 0.6) is 0 Å². The number of hydrogen-bond donors (Lipinski definition) is 0. The van der Waals surface area contributed by atoms with E-state index in [9.17, 15) is 0 Å². The second kappa shape index (κ2) is 7.99. The van der Waals surface area contributed by atoms with Crippen LogP contribution in [0.2, 0.25) is 0 Å². The molecular weight excluding hydrogens is 228 g/mol. The van der Waals surface area contributed by atoms with Gasteiger partial charge in [-0.3, -0.25) is 0 Å². The number of aryl methyl sites for hydroxylation is 1. The Bertz CT molecular complexity index is 432. The van der Waals surface area contributed by atoms with Gasteiger partial charge < -0.3 is 0 Å². The maximum Gasteiger partial charge on any atom is -0.0224 e. The predicted molar refractivity (Wildman–Crippen MR) is 87.3 cm³/mol. The summed E-state index contributed by atoms with van der Waals surface area (Å²) in [5, 5.41) is 0. The lowest BCUT2D eigenvalue weighted by Gasteiger charge is -2.15. The molecule has 0 aliphatic heterocycles. The van der Waals surface area contributed by atoms with Crippen LogP contribution in [0.4, 0.5) is 0 Å². The summed E-state index contributed by atoms with van der Waals surface area (Å²) >= 11 is 0. The number of unbranched alkanes of at least 4 members (excludes halogenated alkanes) is 2. The van der Waals surface area contributed by atoms with E-state index in [-0.39, 0.29) is 7.43 Å². The van der Waals surface area contributed by atoms with Gasteiger partial charge in [-0.05, 0) is 43.7 Å². The molecule has 0 nitrogen and oxygen atoms in total. The Morgan fingerprint density at radius 3 is 2.26 bits per heavy atom. The zero-order valence-electron chi connectivity index (χ0n) is 11.7. The summed E-state index contributed by atoms with van der Waals surface area (Å²) < 4.78 is 0. The van der Waals surface area contributed by atoms with Crippen LogP contribution in [0.25, 0.3) is 5.57 Å². The van der Waals surface area contributed by atoms with E-state index in [0.717, 1.165) is 0 Å². The molecule has 0 saturated carbocycles. The van der Waals surface area contributed by atoms with E-state index in [2.05, 4.69) is 50.3 Å². The number of benzene rings is 1. The summed E-state index contributed by atoms with van der Waals surface area (Å²) in [6.45, 7) is 4.41. The first-order chi connectivity index (χ1) is 8.79. The van der Waals surface area contributed by atoms with Crippen molar-refractivity contribution < 1.29 is 0 Å². The largest absolute Gasteiger partial charge is 0.0776 e. The molecule has 0 radical (unpaired) electrons. The molecular formula is C19H28. The van der Waals surface area contributed by atoms with Crippen LogP contribution in [0.15, 0.2) is 42.0 Å². The molecule has 104 valence electrons. The third kappa shape index (κ3) is 4.70. The Morgan fingerprint density at radius 2 is 1.68 bits per heavy atom. The van der Waals surface area contributed by atoms with E-state index >= 15 is 0 Å². The third-order valence-corrected chi connectivity index (χ3v) is 3.76. The van der Waals surface area contributed by atoms with Crippen molar-refractivity contribution in [1.29, 1.82) is 0 Å². The van der Waals surface area contributed by atoms with Crippen molar-refractivity contribution in [2.45, 2.75) is 59.8 Å². The van der Waals surface area contributed by atoms with Gasteiger partial charge in [-0.1, -0.05) is 74.7 Å². The molecule has 2 rings (SSSR count). The first-order valence-corrected chi connectivity index (χ1v) is 7.25. The summed E-state index contributed by atoms with van der Waals surface area (Å²) in [6, 6.07) is 8.90. The molecule has 0 saturated heterocycles. The van der Waals surface area contributed by atoms with Crippen LogP contribution in [0, 0.1) is 6.92 Å². The van der Waals surface area contributed by atoms with Crippen molar-refractivity contribution in [1.82, 2.24) is 0 Å². The summed E-state index contributed by atoms with van der Waals surface area (Å²) in [5.41, 5.74) is 5.86. The lowest BCUT2D eigenvalue weighted by atomic mass is 9.91. The molecule has 0 amide bonds. The Labute approximate surface area is 119 Å². The van der Waals surface area contributed by atoms with Crippen LogP contribution in [0.1, 0.15) is 64.0 Å². The number of hydrogen-bond acceptors (Lipinski definition) is 0. The maximum absolute atomic E-state index is 2.36. The summed E-state index contributed by atoms with van der Waals surface area (Å²) in [6.07, 6.45) is 12.5. The molecule has 0 N–H and O–H groups in total. The van der Waals surface area contributed by atoms with Crippen LogP contribution in [-0.2, 0) is 0 Å². The molecule has 0 bridgehead atoms. The van der Waals surface area contributed by atoms with Gasteiger partial charge in [-0.2, -0.15) is 0 Å². The summed E-state index contributed by atoms with van der Waals surface area (Å²) in [7, 11) is 0. The average Bonchev–Trinajstić information content (AvgIpc) is 2.41. The van der Waals surface area contributed by atoms with Gasteiger partial charge in [0.25, 0.3) is 0 Å². The van der Waals surface area contributed by atoms with Gasteiger partial charge in [0.1, 0.15) is 0 Å². The Balaban J connectivity index is 0.00000180. The standard InChI is InChI=1S/C18H24.CH4/c1-3-4-5-6-16-9-13-18(14-10-16)17-11-7-15(2)8-12-17;/h7-9,11-13H,3-6,10,14H2,1-2H3;1H4. The highest BCUT2D eigenvalue weighted by atomic mass is 14.1. The molecule has 0 fully saturated rings. The Kier molecular flexibility index (Phi) is 6.62. The Morgan fingerprint density at radius 1 is 0.947 bits per heavy atom. The zero-order valence-corrected chi connectivity index (χ0v) is 11.7. The molecule has 0 spiro atoms. The molecule has 1 aliphatic carbocycles. The van der Waals surface area contributed by atoms with Gasteiger partial charge in [0.05, 0.1) is 0 Å². The van der Waals surface area contributed by atoms with Gasteiger partial charge in [0, 0.05) is 0 Å². The third-order valence-electron chi connectivity index (χ3n) is 3.76. The van der Waals surface area contributed by atoms with E-state index in [4.69, 9.17) is 0 Å². The molecule has 0 unspecified atom stereocenters. The molecule has 1 aliphatic rings. The summed E-state index contributed by atoms with van der Waals surface area (Å²) in [4.78, 5) is 0. The number of allylic oxidation sites excluding steroid dienone is 4. The SMILES string of the molecule is C.CCCCCC1=CC=C(c2ccc(C)cc2)CC1. The fraction of sp³-hybridized carbons (Fsp3) is 0.474. The van der Waals surface area contributed by atoms with Crippen molar-refractivity contribution in [3.05, 3.63) is 53.1 Å². The van der Waals surface area contributed by atoms with E-state index in [1.54, 1.807) is 5.57 Å². The van der Waals surface area contributed by atoms with Crippen LogP contribution >= 0.6 is 0 Å². The first-order valence-electron chi connectivity index (χ1n) is 7.25. The fourth-order valence-corrected chi connectivity index (χ4v) is 2.50. The highest BCUT2D eigenvalue weighted by Gasteiger charge is 2.07. The first kappa shape index (κ1) is 15.8. The van der Waals surface area contributed by atoms with E-state index in [1.807, 2.05) is 0 Å². The normalized spacial score (nSPS) is 14.4. The van der Waals surface area contributed by atoms with Crippen LogP contribution in [-0.4, -0.2) is 0 Å². The number of rotatable bonds is 5. The fourth-order valence-electron chi connectivity index (χ4n) is 2.50. The molecule has 19 heavy (non-hydrogen) atoms. The molecule has 0 aromatic heterocycles. The minimum atomic E-state index is 0. The topological polar surface area (TPSA) is 0 Å². The van der Waals surface area contributed by atoms with Gasteiger partial charge in [-0.25, -0.2) is 0 Å². The van der Waals surface area contributed by atoms with Crippen LogP contribution in [0.3, 0.4) is 0 Å². The van der Waals surface area contributed by atoms with E-state index in [1.165, 1.54) is 55.2 Å². The van der Waals surface area contributed by atoms with Gasteiger partial charge in [-0.15, -0.1) is 0 Å². The van der Waals surface area contributed by atoms with Crippen LogP contribution < -0.4 is 0 Å². The lowest BCUT2D eigenvalue weighted by Crippen LogP contribution is -1.94. The Hall–Kier alpha value is -1.30. The second-order valence-electron chi connectivity index (χ2n) is 5.34. The van der Waals surface area contributed by atoms with Crippen molar-refractivity contribution in [3.63, 3.8) is 0 Å². The van der Waals surface area contributed by atoms with Gasteiger partial charge in [0.2, 0.25) is 0 Å². The molecule has 1 aromatic rings. The summed E-state index contributed by atoms with van der Waals surface area (Å²) in [5.74, 6) is 0. The lowest BCUT2D eigenvalue weighted by molar-refractivity contribution is 0.696. The smallest absolute Gasteiger partial charge is 0.0224 e. The van der Waals surface area contributed by atoms with Crippen molar-refractivity contribution in [2.24, 2.45) is 0 Å². The van der Waals surface area contributed by atoms with E-state index in [0.29, 0.717) is 0 Å². The van der Waals surface area contributed by atoms with E-state index < -0.39 is 0 Å². The quantitative estimate of drug-likeness (QED) is 0.541. The van der Waals surface area contributed by atoms with Gasteiger partial charge >= 0.3 is 0 Å². The average molecular weight is 256 g/mol. The second-order valence-corrected chi connectivity index (χ2v) is 5.34. The maximum atomic E-state index is 2.36. The van der Waals surface area contributed by atoms with Crippen molar-refractivity contribution in [3.8, 4) is 0 Å². The monoisotopic (exact) mass is 256 g/mol. The minimum Gasteiger partial charge on any atom is -0.0776 e. The highest BCUT2D eigenvalue weighted by Crippen LogP contribution is 2.29.